The molecule has 1 amide bonds. The van der Waals surface area contributed by atoms with E-state index >= 15 is 0 Å². The summed E-state index contributed by atoms with van der Waals surface area (Å²) in [6, 6.07) is 11.0. The molecule has 1 aromatic heterocycles. The van der Waals surface area contributed by atoms with Gasteiger partial charge in [-0.2, -0.15) is 0 Å². The van der Waals surface area contributed by atoms with Crippen molar-refractivity contribution in [3.8, 4) is 11.5 Å². The first-order valence-electron chi connectivity index (χ1n) is 14.0. The molecule has 228 valence electrons. The van der Waals surface area contributed by atoms with Crippen LogP contribution in [0.4, 0.5) is 5.00 Å². The van der Waals surface area contributed by atoms with Gasteiger partial charge in [0.1, 0.15) is 22.1 Å². The van der Waals surface area contributed by atoms with Crippen LogP contribution < -0.4 is 15.2 Å². The van der Waals surface area contributed by atoms with Gasteiger partial charge in [0.25, 0.3) is 5.91 Å². The molecule has 1 unspecified atom stereocenters. The molecule has 3 heterocycles. The molecule has 2 aromatic carbocycles. The predicted molar refractivity (Wildman–Crippen MR) is 163 cm³/mol. The summed E-state index contributed by atoms with van der Waals surface area (Å²) in [6.45, 7) is 7.28. The summed E-state index contributed by atoms with van der Waals surface area (Å²) >= 11 is 1.41. The second kappa shape index (κ2) is 11.9. The molecular weight excluding hydrogens is 570 g/mol. The Kier molecular flexibility index (Phi) is 8.40. The number of carbonyl (C=O) groups excluding carboxylic acids is 3. The Labute approximate surface area is 255 Å². The van der Waals surface area contributed by atoms with E-state index in [-0.39, 0.29) is 18.5 Å². The van der Waals surface area contributed by atoms with Gasteiger partial charge in [-0.15, -0.1) is 11.3 Å². The smallest absolute Gasteiger partial charge is 0.341 e. The molecular formula is C32H37N3O7S. The number of hydrogen-bond donors (Lipinski definition) is 1. The first kappa shape index (κ1) is 30.4. The number of nitrogen functional groups attached to an aromatic ring is 1. The molecule has 5 rings (SSSR count). The molecule has 11 heteroatoms. The molecule has 3 aromatic rings. The van der Waals surface area contributed by atoms with Crippen LogP contribution in [0.3, 0.4) is 0 Å². The third-order valence-corrected chi connectivity index (χ3v) is 8.78. The van der Waals surface area contributed by atoms with Crippen LogP contribution in [0.1, 0.15) is 73.4 Å². The van der Waals surface area contributed by atoms with Crippen LogP contribution in [0, 0.1) is 0 Å². The lowest BCUT2D eigenvalue weighted by atomic mass is 9.95. The minimum absolute atomic E-state index is 0.147. The average molecular weight is 608 g/mol. The maximum Gasteiger partial charge on any atom is 0.341 e. The SMILES string of the molecule is COC(=O)c1cc(OC)cc2c1CN(CC1Cc3c(sc(N)c3C(=O)OC(C)(C)C)CN1Cc1ccc(OC)cc1)C2=O. The molecule has 0 saturated carbocycles. The number of nitrogens with zero attached hydrogens (tertiary/aromatic N) is 2. The van der Waals surface area contributed by atoms with Crippen LogP contribution in [-0.2, 0) is 35.5 Å². The third kappa shape index (κ3) is 6.18. The summed E-state index contributed by atoms with van der Waals surface area (Å²) in [4.78, 5) is 44.6. The number of thiophene rings is 1. The summed E-state index contributed by atoms with van der Waals surface area (Å²) in [6.07, 6.45) is 0.501. The molecule has 0 radical (unpaired) electrons. The van der Waals surface area contributed by atoms with E-state index in [0.717, 1.165) is 21.8 Å². The van der Waals surface area contributed by atoms with Gasteiger partial charge in [-0.1, -0.05) is 12.1 Å². The Morgan fingerprint density at radius 2 is 1.67 bits per heavy atom. The van der Waals surface area contributed by atoms with Crippen molar-refractivity contribution in [1.29, 1.82) is 0 Å². The first-order chi connectivity index (χ1) is 20.4. The fourth-order valence-electron chi connectivity index (χ4n) is 5.69. The lowest BCUT2D eigenvalue weighted by Crippen LogP contribution is -2.47. The fraction of sp³-hybridized carbons (Fsp3) is 0.406. The fourth-order valence-corrected chi connectivity index (χ4v) is 6.80. The number of anilines is 1. The van der Waals surface area contributed by atoms with E-state index in [1.807, 2.05) is 45.0 Å². The summed E-state index contributed by atoms with van der Waals surface area (Å²) in [5, 5.41) is 0.434. The molecule has 0 saturated heterocycles. The summed E-state index contributed by atoms with van der Waals surface area (Å²) < 4.78 is 21.4. The minimum Gasteiger partial charge on any atom is -0.497 e. The zero-order valence-electron chi connectivity index (χ0n) is 25.3. The molecule has 43 heavy (non-hydrogen) atoms. The standard InChI is InChI=1S/C32H37N3O7S/c1-32(2,3)42-31(38)27-24-11-19(34(17-26(24)43-28(27)33)14-18-7-9-20(39-4)10-8-18)15-35-16-25-22(29(35)36)12-21(40-5)13-23(25)30(37)41-6/h7-10,12-13,19H,11,14-17,33H2,1-6H3. The Morgan fingerprint density at radius 1 is 0.977 bits per heavy atom. The molecule has 2 aliphatic rings. The molecule has 0 aliphatic carbocycles. The third-order valence-electron chi connectivity index (χ3n) is 7.73. The molecule has 0 spiro atoms. The molecule has 0 fully saturated rings. The summed E-state index contributed by atoms with van der Waals surface area (Å²) in [5.74, 6) is 0.0276. The lowest BCUT2D eigenvalue weighted by molar-refractivity contribution is 0.00679. The van der Waals surface area contributed by atoms with Gasteiger partial charge in [-0.25, -0.2) is 9.59 Å². The van der Waals surface area contributed by atoms with Crippen molar-refractivity contribution in [3.05, 3.63) is 74.7 Å². The Balaban J connectivity index is 1.48. The van der Waals surface area contributed by atoms with Gasteiger partial charge < -0.3 is 29.6 Å². The van der Waals surface area contributed by atoms with E-state index in [4.69, 9.17) is 24.7 Å². The van der Waals surface area contributed by atoms with Crippen molar-refractivity contribution < 1.29 is 33.3 Å². The van der Waals surface area contributed by atoms with E-state index in [1.165, 1.54) is 25.6 Å². The molecule has 2 aliphatic heterocycles. The number of nitrogens with two attached hydrogens (primary N) is 1. The number of rotatable bonds is 8. The maximum absolute atomic E-state index is 13.7. The molecule has 2 N–H and O–H groups in total. The van der Waals surface area contributed by atoms with Gasteiger partial charge >= 0.3 is 11.9 Å². The van der Waals surface area contributed by atoms with Crippen LogP contribution in [0.25, 0.3) is 0 Å². The highest BCUT2D eigenvalue weighted by Crippen LogP contribution is 2.40. The highest BCUT2D eigenvalue weighted by molar-refractivity contribution is 7.16. The van der Waals surface area contributed by atoms with Crippen LogP contribution in [-0.4, -0.2) is 67.2 Å². The van der Waals surface area contributed by atoms with Crippen LogP contribution in [0.5, 0.6) is 11.5 Å². The Hall–Kier alpha value is -4.09. The minimum atomic E-state index is -0.668. The number of fused-ring (bicyclic) bond motifs is 2. The summed E-state index contributed by atoms with van der Waals surface area (Å²) in [7, 11) is 4.44. The Morgan fingerprint density at radius 3 is 2.30 bits per heavy atom. The second-order valence-electron chi connectivity index (χ2n) is 11.7. The average Bonchev–Trinajstić information content (AvgIpc) is 3.46. The van der Waals surface area contributed by atoms with Gasteiger partial charge in [-0.3, -0.25) is 9.69 Å². The quantitative estimate of drug-likeness (QED) is 0.364. The number of amides is 1. The molecule has 1 atom stereocenters. The molecule has 0 bridgehead atoms. The Bertz CT molecular complexity index is 1560. The monoisotopic (exact) mass is 607 g/mol. The number of benzene rings is 2. The highest BCUT2D eigenvalue weighted by atomic mass is 32.1. The maximum atomic E-state index is 13.7. The number of hydrogen-bond acceptors (Lipinski definition) is 10. The van der Waals surface area contributed by atoms with E-state index in [9.17, 15) is 14.4 Å². The summed E-state index contributed by atoms with van der Waals surface area (Å²) in [5.41, 5.74) is 9.46. The van der Waals surface area contributed by atoms with Gasteiger partial charge in [0, 0.05) is 42.7 Å². The van der Waals surface area contributed by atoms with E-state index in [1.54, 1.807) is 24.1 Å². The van der Waals surface area contributed by atoms with E-state index in [0.29, 0.717) is 59.1 Å². The lowest BCUT2D eigenvalue weighted by Gasteiger charge is -2.38. The zero-order chi connectivity index (χ0) is 31.1. The number of methoxy groups -OCH3 is 3. The number of esters is 2. The van der Waals surface area contributed by atoms with Crippen LogP contribution in [0.2, 0.25) is 0 Å². The first-order valence-corrected chi connectivity index (χ1v) is 14.8. The predicted octanol–water partition coefficient (Wildman–Crippen LogP) is 4.67. The largest absolute Gasteiger partial charge is 0.497 e. The zero-order valence-corrected chi connectivity index (χ0v) is 26.1. The highest BCUT2D eigenvalue weighted by Gasteiger charge is 2.39. The van der Waals surface area contributed by atoms with Crippen molar-refractivity contribution in [3.63, 3.8) is 0 Å². The van der Waals surface area contributed by atoms with E-state index < -0.39 is 17.5 Å². The normalized spacial score (nSPS) is 16.5. The second-order valence-corrected chi connectivity index (χ2v) is 12.9. The van der Waals surface area contributed by atoms with Crippen molar-refractivity contribution in [2.75, 3.05) is 33.6 Å². The van der Waals surface area contributed by atoms with Gasteiger partial charge in [0.05, 0.1) is 32.5 Å². The van der Waals surface area contributed by atoms with Gasteiger partial charge in [0.15, 0.2) is 0 Å². The number of carbonyl (C=O) groups is 3. The van der Waals surface area contributed by atoms with Crippen molar-refractivity contribution in [1.82, 2.24) is 9.80 Å². The molecule has 10 nitrogen and oxygen atoms in total. The van der Waals surface area contributed by atoms with Crippen LogP contribution >= 0.6 is 11.3 Å². The van der Waals surface area contributed by atoms with Crippen LogP contribution in [0.15, 0.2) is 36.4 Å². The topological polar surface area (TPSA) is 121 Å². The van der Waals surface area contributed by atoms with Crippen molar-refractivity contribution in [2.24, 2.45) is 0 Å². The van der Waals surface area contributed by atoms with Crippen molar-refractivity contribution >= 4 is 34.2 Å². The van der Waals surface area contributed by atoms with Crippen molar-refractivity contribution in [2.45, 2.75) is 58.5 Å². The van der Waals surface area contributed by atoms with Gasteiger partial charge in [-0.05, 0) is 68.1 Å². The number of ether oxygens (including phenoxy) is 4. The van der Waals surface area contributed by atoms with Gasteiger partial charge in [0.2, 0.25) is 0 Å². The van der Waals surface area contributed by atoms with E-state index in [2.05, 4.69) is 4.90 Å².